The Morgan fingerprint density at radius 1 is 1.32 bits per heavy atom. The molecule has 1 aliphatic rings. The van der Waals surface area contributed by atoms with Crippen LogP contribution < -0.4 is 15.9 Å². The number of aromatic nitrogens is 3. The summed E-state index contributed by atoms with van der Waals surface area (Å²) in [5.74, 6) is 6.04. The Hall–Kier alpha value is -3.08. The van der Waals surface area contributed by atoms with Gasteiger partial charge in [-0.3, -0.25) is 9.98 Å². The minimum absolute atomic E-state index is 0.167. The van der Waals surface area contributed by atoms with E-state index >= 15 is 0 Å². The number of piperidine rings is 1. The molecule has 9 nitrogen and oxygen atoms in total. The van der Waals surface area contributed by atoms with Crippen LogP contribution in [0.25, 0.3) is 5.52 Å². The lowest BCUT2D eigenvalue weighted by atomic mass is 9.95. The number of halogens is 2. The number of rotatable bonds is 7. The van der Waals surface area contributed by atoms with Gasteiger partial charge in [-0.1, -0.05) is 46.2 Å². The Kier molecular flexibility index (Phi) is 12.6. The number of pyridine rings is 2. The van der Waals surface area contributed by atoms with Crippen LogP contribution in [0.5, 0.6) is 5.75 Å². The standard InChI is InChI=1S/C23H27ClFN7O2.2C2H6/c1-13-8-27-6-5-18(13)30-14(2)22(31-26)15-7-20(23-17(24)10-29-32(23)11-15)34-21(12-33)19-4-3-16(25)9-28-19;2*1-2/h3-4,7,9-11,13,18,21,27,33H,5-6,8,12,26H2,1-2H3;2*1-2H3/b30-14?,31-22+;;. The number of ether oxygens (including phenoxy) is 1. The maximum Gasteiger partial charge on any atom is 0.163 e. The summed E-state index contributed by atoms with van der Waals surface area (Å²) < 4.78 is 21.0. The number of aliphatic hydroxyl groups excluding tert-OH is 1. The van der Waals surface area contributed by atoms with Crippen molar-refractivity contribution >= 4 is 28.5 Å². The van der Waals surface area contributed by atoms with Crippen LogP contribution in [0.3, 0.4) is 0 Å². The molecule has 3 aromatic rings. The fraction of sp³-hybridized carbons (Fsp3) is 0.481. The van der Waals surface area contributed by atoms with Gasteiger partial charge in [-0.2, -0.15) is 10.2 Å². The van der Waals surface area contributed by atoms with Crippen LogP contribution in [0.2, 0.25) is 5.02 Å². The molecule has 1 fully saturated rings. The highest BCUT2D eigenvalue weighted by Crippen LogP contribution is 2.32. The molecule has 1 aliphatic heterocycles. The number of nitrogens with zero attached hydrogens (tertiary/aromatic N) is 5. The average Bonchev–Trinajstić information content (AvgIpc) is 3.32. The van der Waals surface area contributed by atoms with Crippen LogP contribution in [0, 0.1) is 11.7 Å². The topological polar surface area (TPSA) is 122 Å². The first kappa shape index (κ1) is 31.1. The molecule has 208 valence electrons. The molecule has 3 aromatic heterocycles. The second kappa shape index (κ2) is 15.4. The minimum Gasteiger partial charge on any atom is -0.479 e. The van der Waals surface area contributed by atoms with E-state index in [2.05, 4.69) is 27.4 Å². The molecule has 38 heavy (non-hydrogen) atoms. The molecule has 4 N–H and O–H groups in total. The Bertz CT molecular complexity index is 1210. The molecule has 0 radical (unpaired) electrons. The van der Waals surface area contributed by atoms with Gasteiger partial charge in [-0.25, -0.2) is 8.91 Å². The first-order valence-corrected chi connectivity index (χ1v) is 13.4. The molecular formula is C27H39ClFN7O2. The van der Waals surface area contributed by atoms with Gasteiger partial charge in [0.2, 0.25) is 0 Å². The maximum absolute atomic E-state index is 13.3. The first-order valence-electron chi connectivity index (χ1n) is 13.0. The molecule has 0 amide bonds. The molecule has 3 atom stereocenters. The zero-order valence-corrected chi connectivity index (χ0v) is 23.7. The molecule has 4 rings (SSSR count). The highest BCUT2D eigenvalue weighted by Gasteiger charge is 2.23. The lowest BCUT2D eigenvalue weighted by Crippen LogP contribution is -2.38. The van der Waals surface area contributed by atoms with Gasteiger partial charge in [0.1, 0.15) is 22.8 Å². The molecule has 3 unspecified atom stereocenters. The molecular weight excluding hydrogens is 509 g/mol. The molecule has 11 heteroatoms. The van der Waals surface area contributed by atoms with E-state index in [1.807, 2.05) is 34.6 Å². The average molecular weight is 548 g/mol. The summed E-state index contributed by atoms with van der Waals surface area (Å²) in [6.07, 6.45) is 4.39. The Balaban J connectivity index is 0.00000121. The van der Waals surface area contributed by atoms with Crippen LogP contribution in [-0.2, 0) is 0 Å². The predicted octanol–water partition coefficient (Wildman–Crippen LogP) is 4.81. The van der Waals surface area contributed by atoms with E-state index in [9.17, 15) is 9.50 Å². The predicted molar refractivity (Wildman–Crippen MR) is 152 cm³/mol. The molecule has 0 bridgehead atoms. The van der Waals surface area contributed by atoms with Gasteiger partial charge in [0.25, 0.3) is 0 Å². The van der Waals surface area contributed by atoms with Crippen LogP contribution >= 0.6 is 11.6 Å². The summed E-state index contributed by atoms with van der Waals surface area (Å²) in [5, 5.41) is 22.0. The van der Waals surface area contributed by atoms with Gasteiger partial charge in [0.15, 0.2) is 6.10 Å². The van der Waals surface area contributed by atoms with Gasteiger partial charge in [0.05, 0.1) is 41.5 Å². The van der Waals surface area contributed by atoms with Crippen molar-refractivity contribution in [2.45, 2.75) is 60.1 Å². The number of aliphatic hydroxyl groups is 1. The summed E-state index contributed by atoms with van der Waals surface area (Å²) in [7, 11) is 0. The quantitative estimate of drug-likeness (QED) is 0.222. The lowest BCUT2D eigenvalue weighted by molar-refractivity contribution is 0.114. The van der Waals surface area contributed by atoms with Crippen molar-refractivity contribution < 1.29 is 14.2 Å². The summed E-state index contributed by atoms with van der Waals surface area (Å²) in [4.78, 5) is 8.92. The first-order chi connectivity index (χ1) is 18.4. The van der Waals surface area contributed by atoms with E-state index in [0.717, 1.165) is 25.7 Å². The van der Waals surface area contributed by atoms with Gasteiger partial charge in [-0.05, 0) is 50.6 Å². The monoisotopic (exact) mass is 547 g/mol. The fourth-order valence-corrected chi connectivity index (χ4v) is 4.29. The van der Waals surface area contributed by atoms with Crippen LogP contribution in [-0.4, -0.2) is 56.9 Å². The Morgan fingerprint density at radius 2 is 2.05 bits per heavy atom. The van der Waals surface area contributed by atoms with E-state index in [-0.39, 0.29) is 12.6 Å². The van der Waals surface area contributed by atoms with E-state index in [1.54, 1.807) is 16.8 Å². The van der Waals surface area contributed by atoms with Crippen molar-refractivity contribution in [3.8, 4) is 5.75 Å². The van der Waals surface area contributed by atoms with Gasteiger partial charge < -0.3 is 21.0 Å². The second-order valence-electron chi connectivity index (χ2n) is 8.30. The maximum atomic E-state index is 13.3. The summed E-state index contributed by atoms with van der Waals surface area (Å²) in [6.45, 7) is 13.5. The van der Waals surface area contributed by atoms with Crippen molar-refractivity contribution in [1.82, 2.24) is 19.9 Å². The summed E-state index contributed by atoms with van der Waals surface area (Å²) >= 11 is 6.37. The summed E-state index contributed by atoms with van der Waals surface area (Å²) in [5.41, 5.74) is 2.68. The minimum atomic E-state index is -0.853. The van der Waals surface area contributed by atoms with Crippen LogP contribution in [0.1, 0.15) is 65.3 Å². The van der Waals surface area contributed by atoms with Crippen molar-refractivity contribution in [3.05, 3.63) is 58.9 Å². The van der Waals surface area contributed by atoms with Gasteiger partial charge in [0, 0.05) is 11.8 Å². The zero-order valence-electron chi connectivity index (χ0n) is 22.9. The van der Waals surface area contributed by atoms with E-state index in [1.165, 1.54) is 18.3 Å². The zero-order chi connectivity index (χ0) is 28.2. The largest absolute Gasteiger partial charge is 0.479 e. The van der Waals surface area contributed by atoms with Crippen molar-refractivity contribution in [1.29, 1.82) is 0 Å². The number of nitrogens with two attached hydrogens (primary N) is 1. The number of aliphatic imine (C=N–C) groups is 1. The van der Waals surface area contributed by atoms with Gasteiger partial charge >= 0.3 is 0 Å². The van der Waals surface area contributed by atoms with Crippen molar-refractivity contribution in [3.63, 3.8) is 0 Å². The highest BCUT2D eigenvalue weighted by molar-refractivity contribution is 6.47. The number of hydrogen-bond donors (Lipinski definition) is 3. The van der Waals surface area contributed by atoms with Crippen LogP contribution in [0.15, 0.2) is 46.9 Å². The van der Waals surface area contributed by atoms with Crippen molar-refractivity contribution in [2.75, 3.05) is 19.7 Å². The van der Waals surface area contributed by atoms with Crippen LogP contribution in [0.4, 0.5) is 4.39 Å². The molecule has 0 aromatic carbocycles. The number of nitrogens with one attached hydrogen (secondary N) is 1. The molecule has 0 saturated carbocycles. The highest BCUT2D eigenvalue weighted by atomic mass is 35.5. The van der Waals surface area contributed by atoms with Crippen molar-refractivity contribution in [2.24, 2.45) is 21.9 Å². The fourth-order valence-electron chi connectivity index (χ4n) is 4.07. The molecule has 1 saturated heterocycles. The van der Waals surface area contributed by atoms with Gasteiger partial charge in [-0.15, -0.1) is 0 Å². The normalized spacial score (nSPS) is 18.7. The third-order valence-corrected chi connectivity index (χ3v) is 6.17. The Labute approximate surface area is 229 Å². The number of hydrazone groups is 1. The van der Waals surface area contributed by atoms with E-state index in [4.69, 9.17) is 27.2 Å². The Morgan fingerprint density at radius 3 is 2.66 bits per heavy atom. The second-order valence-corrected chi connectivity index (χ2v) is 8.71. The summed E-state index contributed by atoms with van der Waals surface area (Å²) in [6, 6.07) is 4.61. The third-order valence-electron chi connectivity index (χ3n) is 5.89. The lowest BCUT2D eigenvalue weighted by Gasteiger charge is -2.27. The van der Waals surface area contributed by atoms with E-state index in [0.29, 0.717) is 44.9 Å². The number of fused-ring (bicyclic) bond motifs is 1. The number of hydrogen-bond acceptors (Lipinski definition) is 8. The molecule has 0 spiro atoms. The third kappa shape index (κ3) is 7.49. The SMILES string of the molecule is CC.CC.CC(=NC1CCNCC1C)/C(=N\N)c1cc(OC(CO)c2ccc(F)cn2)c2c(Cl)cnn2c1. The van der Waals surface area contributed by atoms with E-state index < -0.39 is 11.9 Å². The molecule has 0 aliphatic carbocycles. The molecule has 4 heterocycles. The smallest absolute Gasteiger partial charge is 0.163 e.